The highest BCUT2D eigenvalue weighted by atomic mass is 16.5. The van der Waals surface area contributed by atoms with Crippen LogP contribution in [0.2, 0.25) is 0 Å². The first-order valence-electron chi connectivity index (χ1n) is 9.33. The fourth-order valence-corrected chi connectivity index (χ4v) is 2.46. The maximum atomic E-state index is 12.5. The minimum atomic E-state index is -0.980. The van der Waals surface area contributed by atoms with Crippen LogP contribution in [-0.4, -0.2) is 35.8 Å². The monoisotopic (exact) mass is 391 g/mol. The van der Waals surface area contributed by atoms with Gasteiger partial charge >= 0.3 is 6.09 Å². The molecule has 0 saturated carbocycles. The number of benzene rings is 1. The molecule has 28 heavy (non-hydrogen) atoms. The lowest BCUT2D eigenvalue weighted by atomic mass is 10.0. The number of ether oxygens (including phenoxy) is 1. The smallest absolute Gasteiger partial charge is 0.408 e. The molecule has 154 valence electrons. The summed E-state index contributed by atoms with van der Waals surface area (Å²) in [6.07, 6.45) is -0.127. The van der Waals surface area contributed by atoms with E-state index in [0.717, 1.165) is 5.56 Å². The van der Waals surface area contributed by atoms with Crippen LogP contribution in [0.3, 0.4) is 0 Å². The number of ketones is 1. The van der Waals surface area contributed by atoms with Gasteiger partial charge in [0.2, 0.25) is 11.8 Å². The van der Waals surface area contributed by atoms with Gasteiger partial charge in [0.25, 0.3) is 0 Å². The fraction of sp³-hybridized carbons (Fsp3) is 0.500. The topological polar surface area (TPSA) is 128 Å². The molecule has 0 saturated heterocycles. The van der Waals surface area contributed by atoms with Crippen molar-refractivity contribution in [2.45, 2.75) is 58.7 Å². The zero-order valence-corrected chi connectivity index (χ0v) is 16.6. The highest BCUT2D eigenvalue weighted by molar-refractivity contribution is 5.91. The second kappa shape index (κ2) is 11.7. The number of Topliss-reactive ketones (excluding diaryl/α,β-unsaturated/α-hetero) is 1. The van der Waals surface area contributed by atoms with Gasteiger partial charge in [0, 0.05) is 12.8 Å². The van der Waals surface area contributed by atoms with Crippen molar-refractivity contribution in [3.8, 4) is 0 Å². The largest absolute Gasteiger partial charge is 0.445 e. The molecule has 1 rings (SSSR count). The summed E-state index contributed by atoms with van der Waals surface area (Å²) in [5.41, 5.74) is 6.14. The number of amides is 3. The Morgan fingerprint density at radius 2 is 1.71 bits per heavy atom. The van der Waals surface area contributed by atoms with Gasteiger partial charge in [-0.2, -0.15) is 0 Å². The Bertz CT molecular complexity index is 676. The molecule has 8 nitrogen and oxygen atoms in total. The maximum Gasteiger partial charge on any atom is 0.408 e. The Labute approximate surface area is 165 Å². The molecule has 2 atom stereocenters. The number of nitrogens with two attached hydrogens (primary N) is 1. The quantitative estimate of drug-likeness (QED) is 0.529. The molecule has 0 spiro atoms. The molecule has 1 aromatic carbocycles. The van der Waals surface area contributed by atoms with Crippen LogP contribution in [0, 0.1) is 5.92 Å². The van der Waals surface area contributed by atoms with Crippen LogP contribution in [0.25, 0.3) is 0 Å². The molecule has 0 aromatic heterocycles. The third-order valence-corrected chi connectivity index (χ3v) is 4.20. The van der Waals surface area contributed by atoms with E-state index in [1.807, 2.05) is 30.3 Å². The first-order valence-corrected chi connectivity index (χ1v) is 9.33. The molecule has 0 bridgehead atoms. The van der Waals surface area contributed by atoms with Gasteiger partial charge in [0.15, 0.2) is 0 Å². The first-order chi connectivity index (χ1) is 13.2. The van der Waals surface area contributed by atoms with Gasteiger partial charge in [-0.3, -0.25) is 14.4 Å². The molecular weight excluding hydrogens is 362 g/mol. The van der Waals surface area contributed by atoms with Crippen LogP contribution < -0.4 is 16.4 Å². The van der Waals surface area contributed by atoms with Crippen LogP contribution in [0.15, 0.2) is 30.3 Å². The Balaban J connectivity index is 2.64. The van der Waals surface area contributed by atoms with E-state index in [2.05, 4.69) is 10.6 Å². The van der Waals surface area contributed by atoms with Crippen molar-refractivity contribution in [1.29, 1.82) is 0 Å². The highest BCUT2D eigenvalue weighted by Crippen LogP contribution is 2.07. The number of alkyl carbamates (subject to hydrolysis) is 1. The summed E-state index contributed by atoms with van der Waals surface area (Å²) < 4.78 is 5.14. The first kappa shape index (κ1) is 23.1. The van der Waals surface area contributed by atoms with Crippen molar-refractivity contribution in [3.63, 3.8) is 0 Å². The fourth-order valence-electron chi connectivity index (χ4n) is 2.46. The van der Waals surface area contributed by atoms with E-state index in [0.29, 0.717) is 6.42 Å². The lowest BCUT2D eigenvalue weighted by Gasteiger charge is -2.24. The van der Waals surface area contributed by atoms with Crippen LogP contribution in [0.4, 0.5) is 4.79 Å². The predicted molar refractivity (Wildman–Crippen MR) is 104 cm³/mol. The number of carbonyl (C=O) groups is 4. The normalized spacial score (nSPS) is 12.7. The zero-order valence-electron chi connectivity index (χ0n) is 16.6. The molecule has 4 N–H and O–H groups in total. The third-order valence-electron chi connectivity index (χ3n) is 4.20. The van der Waals surface area contributed by atoms with E-state index >= 15 is 0 Å². The van der Waals surface area contributed by atoms with Crippen LogP contribution in [0.1, 0.15) is 45.6 Å². The van der Waals surface area contributed by atoms with Gasteiger partial charge in [-0.05, 0) is 17.9 Å². The van der Waals surface area contributed by atoms with Gasteiger partial charge in [-0.1, -0.05) is 51.1 Å². The molecule has 0 unspecified atom stereocenters. The standard InChI is InChI=1S/C20H29N3O5/c1-4-15(24)10-11-16(18(21)25)22-19(26)17(13(2)3)23-20(27)28-12-14-8-6-5-7-9-14/h5-9,13,16-17H,4,10-12H2,1-3H3,(H2,21,25)(H,22,26)(H,23,27)/t16-,17+/m0/s1. The van der Waals surface area contributed by atoms with E-state index in [9.17, 15) is 19.2 Å². The Kier molecular flexibility index (Phi) is 9.70. The van der Waals surface area contributed by atoms with Crippen molar-refractivity contribution in [2.75, 3.05) is 0 Å². The van der Waals surface area contributed by atoms with E-state index in [1.54, 1.807) is 20.8 Å². The van der Waals surface area contributed by atoms with E-state index in [-0.39, 0.29) is 31.1 Å². The predicted octanol–water partition coefficient (Wildman–Crippen LogP) is 1.67. The van der Waals surface area contributed by atoms with E-state index in [4.69, 9.17) is 10.5 Å². The Hall–Kier alpha value is -2.90. The molecule has 0 radical (unpaired) electrons. The molecule has 0 fully saturated rings. The average Bonchev–Trinajstić information content (AvgIpc) is 2.67. The van der Waals surface area contributed by atoms with Crippen molar-refractivity contribution in [2.24, 2.45) is 11.7 Å². The summed E-state index contributed by atoms with van der Waals surface area (Å²) in [5.74, 6) is -1.57. The van der Waals surface area contributed by atoms with Crippen molar-refractivity contribution in [1.82, 2.24) is 10.6 Å². The highest BCUT2D eigenvalue weighted by Gasteiger charge is 2.28. The van der Waals surface area contributed by atoms with Crippen molar-refractivity contribution < 1.29 is 23.9 Å². The molecule has 0 aliphatic carbocycles. The number of hydrogen-bond acceptors (Lipinski definition) is 5. The second-order valence-corrected chi connectivity index (χ2v) is 6.82. The molecule has 8 heteroatoms. The summed E-state index contributed by atoms with van der Waals surface area (Å²) >= 11 is 0. The van der Waals surface area contributed by atoms with Gasteiger partial charge in [-0.25, -0.2) is 4.79 Å². The van der Waals surface area contributed by atoms with Crippen molar-refractivity contribution >= 4 is 23.7 Å². The minimum Gasteiger partial charge on any atom is -0.445 e. The summed E-state index contributed by atoms with van der Waals surface area (Å²) in [5, 5.41) is 5.04. The molecule has 1 aromatic rings. The van der Waals surface area contributed by atoms with Crippen molar-refractivity contribution in [3.05, 3.63) is 35.9 Å². The number of primary amides is 1. The number of rotatable bonds is 11. The number of carbonyl (C=O) groups excluding carboxylic acids is 4. The molecule has 0 aliphatic rings. The molecular formula is C20H29N3O5. The maximum absolute atomic E-state index is 12.5. The summed E-state index contributed by atoms with van der Waals surface area (Å²) in [6.45, 7) is 5.30. The lowest BCUT2D eigenvalue weighted by molar-refractivity contribution is -0.129. The minimum absolute atomic E-state index is 0.0245. The third kappa shape index (κ3) is 8.20. The second-order valence-electron chi connectivity index (χ2n) is 6.82. The van der Waals surface area contributed by atoms with Crippen LogP contribution in [-0.2, 0) is 25.7 Å². The SMILES string of the molecule is CCC(=O)CC[C@H](NC(=O)[C@H](NC(=O)OCc1ccccc1)C(C)C)C(N)=O. The van der Waals surface area contributed by atoms with Crippen LogP contribution >= 0.6 is 0 Å². The Morgan fingerprint density at radius 3 is 2.25 bits per heavy atom. The number of nitrogens with one attached hydrogen (secondary N) is 2. The van der Waals surface area contributed by atoms with Gasteiger partial charge in [0.1, 0.15) is 24.5 Å². The van der Waals surface area contributed by atoms with Gasteiger partial charge in [0.05, 0.1) is 0 Å². The molecule has 3 amide bonds. The molecule has 0 aliphatic heterocycles. The summed E-state index contributed by atoms with van der Waals surface area (Å²) in [6, 6.07) is 7.25. The number of hydrogen-bond donors (Lipinski definition) is 3. The zero-order chi connectivity index (χ0) is 21.1. The Morgan fingerprint density at radius 1 is 1.07 bits per heavy atom. The van der Waals surface area contributed by atoms with Gasteiger partial charge < -0.3 is 21.1 Å². The summed E-state index contributed by atoms with van der Waals surface area (Å²) in [4.78, 5) is 47.7. The lowest BCUT2D eigenvalue weighted by Crippen LogP contribution is -2.54. The van der Waals surface area contributed by atoms with Gasteiger partial charge in [-0.15, -0.1) is 0 Å². The van der Waals surface area contributed by atoms with E-state index < -0.39 is 30.0 Å². The van der Waals surface area contributed by atoms with Crippen LogP contribution in [0.5, 0.6) is 0 Å². The average molecular weight is 391 g/mol. The van der Waals surface area contributed by atoms with E-state index in [1.165, 1.54) is 0 Å². The molecule has 0 heterocycles. The summed E-state index contributed by atoms with van der Waals surface area (Å²) in [7, 11) is 0.